The summed E-state index contributed by atoms with van der Waals surface area (Å²) in [7, 11) is 1.62. The molecular formula is C14H17BrN2O2. The molecule has 0 spiro atoms. The minimum absolute atomic E-state index is 0.197. The fourth-order valence-electron chi connectivity index (χ4n) is 1.65. The monoisotopic (exact) mass is 324 g/mol. The summed E-state index contributed by atoms with van der Waals surface area (Å²) in [5.41, 5.74) is 1.10. The number of carbonyl (C=O) groups excluding carboxylic acids is 1. The third-order valence-corrected chi connectivity index (χ3v) is 3.43. The number of nitrogens with one attached hydrogen (secondary N) is 1. The van der Waals surface area contributed by atoms with E-state index in [1.807, 2.05) is 31.2 Å². The van der Waals surface area contributed by atoms with Gasteiger partial charge in [-0.15, -0.1) is 0 Å². The Labute approximate surface area is 121 Å². The van der Waals surface area contributed by atoms with E-state index in [1.165, 1.54) is 0 Å². The smallest absolute Gasteiger partial charge is 0.237 e. The summed E-state index contributed by atoms with van der Waals surface area (Å²) in [6, 6.07) is 7.79. The number of carbonyl (C=O) groups is 1. The van der Waals surface area contributed by atoms with Crippen LogP contribution in [0.3, 0.4) is 0 Å². The molecule has 0 bridgehead atoms. The molecule has 0 radical (unpaired) electrons. The number of amides is 1. The van der Waals surface area contributed by atoms with Gasteiger partial charge in [0.25, 0.3) is 0 Å². The quantitative estimate of drug-likeness (QED) is 0.875. The minimum atomic E-state index is -0.553. The Balaban J connectivity index is 2.48. The Morgan fingerprint density at radius 3 is 2.84 bits per heavy atom. The molecule has 0 aliphatic carbocycles. The Morgan fingerprint density at radius 2 is 2.32 bits per heavy atom. The summed E-state index contributed by atoms with van der Waals surface area (Å²) in [5.74, 6) is 0.0310. The van der Waals surface area contributed by atoms with Crippen molar-refractivity contribution >= 4 is 21.8 Å². The molecule has 1 aromatic rings. The molecular weight excluding hydrogens is 308 g/mol. The third kappa shape index (κ3) is 4.56. The second-order valence-electron chi connectivity index (χ2n) is 4.10. The second-order valence-corrected chi connectivity index (χ2v) is 4.95. The van der Waals surface area contributed by atoms with Gasteiger partial charge in [-0.3, -0.25) is 4.79 Å². The summed E-state index contributed by atoms with van der Waals surface area (Å²) in [6.07, 6.45) is 1.26. The van der Waals surface area contributed by atoms with Crippen molar-refractivity contribution in [1.82, 2.24) is 5.32 Å². The predicted octanol–water partition coefficient (Wildman–Crippen LogP) is 2.67. The van der Waals surface area contributed by atoms with E-state index in [1.54, 1.807) is 7.11 Å². The van der Waals surface area contributed by atoms with Crippen molar-refractivity contribution in [3.8, 4) is 11.8 Å². The highest BCUT2D eigenvalue weighted by Crippen LogP contribution is 2.25. The van der Waals surface area contributed by atoms with E-state index < -0.39 is 5.92 Å². The third-order valence-electron chi connectivity index (χ3n) is 2.81. The molecule has 19 heavy (non-hydrogen) atoms. The number of nitriles is 1. The van der Waals surface area contributed by atoms with Crippen LogP contribution >= 0.6 is 15.9 Å². The van der Waals surface area contributed by atoms with Crippen molar-refractivity contribution in [2.24, 2.45) is 5.92 Å². The first-order valence-electron chi connectivity index (χ1n) is 6.12. The van der Waals surface area contributed by atoms with Gasteiger partial charge >= 0.3 is 0 Å². The van der Waals surface area contributed by atoms with Crippen LogP contribution in [0.4, 0.5) is 0 Å². The Kier molecular flexibility index (Phi) is 6.37. The fourth-order valence-corrected chi connectivity index (χ4v) is 2.24. The van der Waals surface area contributed by atoms with Crippen molar-refractivity contribution < 1.29 is 9.53 Å². The number of ether oxygens (including phenoxy) is 1. The molecule has 0 aromatic heterocycles. The molecule has 0 fully saturated rings. The number of hydrogen-bond donors (Lipinski definition) is 1. The molecule has 1 atom stereocenters. The van der Waals surface area contributed by atoms with Crippen molar-refractivity contribution in [3.05, 3.63) is 28.2 Å². The molecule has 4 nitrogen and oxygen atoms in total. The van der Waals surface area contributed by atoms with Gasteiger partial charge in [-0.1, -0.05) is 13.0 Å². The lowest BCUT2D eigenvalue weighted by Gasteiger charge is -2.09. The van der Waals surface area contributed by atoms with Gasteiger partial charge in [0, 0.05) is 6.54 Å². The summed E-state index contributed by atoms with van der Waals surface area (Å²) < 4.78 is 6.04. The molecule has 1 aromatic carbocycles. The van der Waals surface area contributed by atoms with Crippen LogP contribution in [0, 0.1) is 17.2 Å². The highest BCUT2D eigenvalue weighted by atomic mass is 79.9. The van der Waals surface area contributed by atoms with Crippen molar-refractivity contribution in [2.75, 3.05) is 13.7 Å². The Bertz CT molecular complexity index is 483. The number of hydrogen-bond acceptors (Lipinski definition) is 3. The molecule has 5 heteroatoms. The molecule has 1 rings (SSSR count). The van der Waals surface area contributed by atoms with E-state index in [4.69, 9.17) is 10.00 Å². The van der Waals surface area contributed by atoms with E-state index in [0.717, 1.165) is 22.2 Å². The maximum absolute atomic E-state index is 11.6. The largest absolute Gasteiger partial charge is 0.496 e. The molecule has 1 unspecified atom stereocenters. The van der Waals surface area contributed by atoms with E-state index in [0.29, 0.717) is 13.0 Å². The van der Waals surface area contributed by atoms with Gasteiger partial charge in [0.05, 0.1) is 17.7 Å². The Morgan fingerprint density at radius 1 is 1.58 bits per heavy atom. The molecule has 0 saturated heterocycles. The Hall–Kier alpha value is -1.54. The summed E-state index contributed by atoms with van der Waals surface area (Å²) >= 11 is 3.42. The molecule has 1 N–H and O–H groups in total. The molecule has 0 saturated carbocycles. The summed E-state index contributed by atoms with van der Waals surface area (Å²) in [4.78, 5) is 11.6. The second kappa shape index (κ2) is 7.80. The van der Waals surface area contributed by atoms with Crippen LogP contribution in [0.25, 0.3) is 0 Å². The SMILES string of the molecule is CCC(C#N)C(=O)NCCc1ccc(OC)c(Br)c1. The fraction of sp³-hybridized carbons (Fsp3) is 0.429. The average molecular weight is 325 g/mol. The van der Waals surface area contributed by atoms with Crippen molar-refractivity contribution in [1.29, 1.82) is 5.26 Å². The van der Waals surface area contributed by atoms with Crippen LogP contribution < -0.4 is 10.1 Å². The van der Waals surface area contributed by atoms with Gasteiger partial charge in [-0.2, -0.15) is 5.26 Å². The molecule has 0 heterocycles. The van der Waals surface area contributed by atoms with Crippen molar-refractivity contribution in [3.63, 3.8) is 0 Å². The predicted molar refractivity (Wildman–Crippen MR) is 76.8 cm³/mol. The highest BCUT2D eigenvalue weighted by Gasteiger charge is 2.14. The van der Waals surface area contributed by atoms with E-state index in [9.17, 15) is 4.79 Å². The van der Waals surface area contributed by atoms with Gasteiger partial charge in [0.1, 0.15) is 11.7 Å². The lowest BCUT2D eigenvalue weighted by molar-refractivity contribution is -0.123. The highest BCUT2D eigenvalue weighted by molar-refractivity contribution is 9.10. The first-order valence-corrected chi connectivity index (χ1v) is 6.91. The van der Waals surface area contributed by atoms with Gasteiger partial charge in [-0.25, -0.2) is 0 Å². The van der Waals surface area contributed by atoms with E-state index >= 15 is 0 Å². The lowest BCUT2D eigenvalue weighted by atomic mass is 10.1. The van der Waals surface area contributed by atoms with Gasteiger partial charge in [-0.05, 0) is 46.5 Å². The van der Waals surface area contributed by atoms with Crippen LogP contribution in [0.15, 0.2) is 22.7 Å². The number of halogens is 1. The van der Waals surface area contributed by atoms with Crippen LogP contribution in [0.2, 0.25) is 0 Å². The van der Waals surface area contributed by atoms with E-state index in [2.05, 4.69) is 21.2 Å². The maximum Gasteiger partial charge on any atom is 0.237 e. The zero-order chi connectivity index (χ0) is 14.3. The first-order chi connectivity index (χ1) is 9.12. The number of methoxy groups -OCH3 is 1. The van der Waals surface area contributed by atoms with Crippen LogP contribution in [0.5, 0.6) is 5.75 Å². The molecule has 0 aliphatic heterocycles. The van der Waals surface area contributed by atoms with Gasteiger partial charge in [0.2, 0.25) is 5.91 Å². The van der Waals surface area contributed by atoms with Crippen LogP contribution in [0.1, 0.15) is 18.9 Å². The standard InChI is InChI=1S/C14H17BrN2O2/c1-3-11(9-16)14(18)17-7-6-10-4-5-13(19-2)12(15)8-10/h4-5,8,11H,3,6-7H2,1-2H3,(H,17,18). The zero-order valence-corrected chi connectivity index (χ0v) is 12.7. The number of nitrogens with zero attached hydrogens (tertiary/aromatic N) is 1. The normalized spacial score (nSPS) is 11.5. The number of rotatable bonds is 6. The molecule has 0 aliphatic rings. The summed E-state index contributed by atoms with van der Waals surface area (Å²) in [6.45, 7) is 2.35. The minimum Gasteiger partial charge on any atom is -0.496 e. The average Bonchev–Trinajstić information content (AvgIpc) is 2.40. The lowest BCUT2D eigenvalue weighted by Crippen LogP contribution is -2.31. The van der Waals surface area contributed by atoms with Gasteiger partial charge in [0.15, 0.2) is 0 Å². The zero-order valence-electron chi connectivity index (χ0n) is 11.1. The van der Waals surface area contributed by atoms with E-state index in [-0.39, 0.29) is 5.91 Å². The summed E-state index contributed by atoms with van der Waals surface area (Å²) in [5, 5.41) is 11.5. The topological polar surface area (TPSA) is 62.1 Å². The van der Waals surface area contributed by atoms with Gasteiger partial charge < -0.3 is 10.1 Å². The maximum atomic E-state index is 11.6. The van der Waals surface area contributed by atoms with Crippen molar-refractivity contribution in [2.45, 2.75) is 19.8 Å². The van der Waals surface area contributed by atoms with Crippen LogP contribution in [-0.2, 0) is 11.2 Å². The molecule has 1 amide bonds. The van der Waals surface area contributed by atoms with Crippen LogP contribution in [-0.4, -0.2) is 19.6 Å². The first kappa shape index (κ1) is 15.5. The number of benzene rings is 1. The molecule has 102 valence electrons.